The second kappa shape index (κ2) is 9.30. The number of aryl methyl sites for hydroxylation is 1. The van der Waals surface area contributed by atoms with Crippen molar-refractivity contribution in [2.24, 2.45) is 5.10 Å². The number of ether oxygens (including phenoxy) is 2. The standard InChI is InChI=1S/C18H18Cl2N2O3/c1-12-5-3-4-6-17(12)24-7-8-25-18-15(19)9-14(10-16(18)20)11-21-22-13(2)23/h3-6,9-11H,7-8H2,1-2H3,(H,22,23)/b21-11-. The Kier molecular flexibility index (Phi) is 7.10. The summed E-state index contributed by atoms with van der Waals surface area (Å²) in [5.41, 5.74) is 4.01. The molecule has 132 valence electrons. The Morgan fingerprint density at radius 1 is 1.16 bits per heavy atom. The van der Waals surface area contributed by atoms with E-state index in [1.807, 2.05) is 31.2 Å². The molecule has 0 saturated carbocycles. The molecule has 0 unspecified atom stereocenters. The van der Waals surface area contributed by atoms with E-state index in [1.165, 1.54) is 13.1 Å². The fourth-order valence-corrected chi connectivity index (χ4v) is 2.62. The van der Waals surface area contributed by atoms with E-state index in [0.717, 1.165) is 11.3 Å². The number of amides is 1. The Bertz CT molecular complexity index is 756. The Hall–Kier alpha value is -2.24. The molecule has 2 rings (SSSR count). The van der Waals surface area contributed by atoms with Gasteiger partial charge in [0.1, 0.15) is 19.0 Å². The van der Waals surface area contributed by atoms with E-state index in [1.54, 1.807) is 12.1 Å². The monoisotopic (exact) mass is 380 g/mol. The maximum atomic E-state index is 10.8. The molecule has 5 nitrogen and oxygen atoms in total. The van der Waals surface area contributed by atoms with Gasteiger partial charge < -0.3 is 9.47 Å². The lowest BCUT2D eigenvalue weighted by atomic mass is 10.2. The largest absolute Gasteiger partial charge is 0.490 e. The van der Waals surface area contributed by atoms with Gasteiger partial charge in [-0.05, 0) is 36.2 Å². The lowest BCUT2D eigenvalue weighted by molar-refractivity contribution is -0.118. The van der Waals surface area contributed by atoms with Crippen molar-refractivity contribution >= 4 is 35.3 Å². The smallest absolute Gasteiger partial charge is 0.236 e. The van der Waals surface area contributed by atoms with Gasteiger partial charge >= 0.3 is 0 Å². The molecule has 0 aromatic heterocycles. The highest BCUT2D eigenvalue weighted by atomic mass is 35.5. The van der Waals surface area contributed by atoms with Crippen LogP contribution in [0.4, 0.5) is 0 Å². The third kappa shape index (κ3) is 5.96. The van der Waals surface area contributed by atoms with Gasteiger partial charge in [0.15, 0.2) is 5.75 Å². The summed E-state index contributed by atoms with van der Waals surface area (Å²) in [4.78, 5) is 10.8. The van der Waals surface area contributed by atoms with E-state index in [2.05, 4.69) is 10.5 Å². The quantitative estimate of drug-likeness (QED) is 0.444. The fourth-order valence-electron chi connectivity index (χ4n) is 2.00. The number of para-hydroxylation sites is 1. The van der Waals surface area contributed by atoms with Crippen LogP contribution in [0.1, 0.15) is 18.1 Å². The minimum atomic E-state index is -0.262. The van der Waals surface area contributed by atoms with E-state index in [0.29, 0.717) is 34.6 Å². The molecule has 0 saturated heterocycles. The number of carbonyl (C=O) groups excluding carboxylic acids is 1. The molecule has 0 heterocycles. The lowest BCUT2D eigenvalue weighted by Crippen LogP contribution is -2.12. The van der Waals surface area contributed by atoms with Crippen LogP contribution in [0.5, 0.6) is 11.5 Å². The van der Waals surface area contributed by atoms with Crippen molar-refractivity contribution in [3.8, 4) is 11.5 Å². The van der Waals surface area contributed by atoms with E-state index in [9.17, 15) is 4.79 Å². The highest BCUT2D eigenvalue weighted by Crippen LogP contribution is 2.33. The first-order valence-corrected chi connectivity index (χ1v) is 8.33. The van der Waals surface area contributed by atoms with Crippen LogP contribution < -0.4 is 14.9 Å². The summed E-state index contributed by atoms with van der Waals surface area (Å²) >= 11 is 12.4. The third-order valence-electron chi connectivity index (χ3n) is 3.14. The Balaban J connectivity index is 1.92. The Morgan fingerprint density at radius 3 is 2.44 bits per heavy atom. The number of halogens is 2. The molecule has 0 fully saturated rings. The van der Waals surface area contributed by atoms with Gasteiger partial charge in [0, 0.05) is 6.92 Å². The number of hydrogen-bond acceptors (Lipinski definition) is 4. The Morgan fingerprint density at radius 2 is 1.80 bits per heavy atom. The molecule has 0 spiro atoms. The zero-order valence-electron chi connectivity index (χ0n) is 13.9. The van der Waals surface area contributed by atoms with Gasteiger partial charge in [-0.2, -0.15) is 5.10 Å². The molecular weight excluding hydrogens is 363 g/mol. The first-order chi connectivity index (χ1) is 12.0. The van der Waals surface area contributed by atoms with Crippen molar-refractivity contribution in [3.05, 3.63) is 57.6 Å². The SMILES string of the molecule is CC(=O)N/N=C\c1cc(Cl)c(OCCOc2ccccc2C)c(Cl)c1. The third-order valence-corrected chi connectivity index (χ3v) is 3.70. The number of nitrogens with one attached hydrogen (secondary N) is 1. The molecule has 0 radical (unpaired) electrons. The van der Waals surface area contributed by atoms with Gasteiger partial charge in [0.05, 0.1) is 16.3 Å². The summed E-state index contributed by atoms with van der Waals surface area (Å²) in [6.45, 7) is 4.01. The van der Waals surface area contributed by atoms with Crippen LogP contribution in [0.3, 0.4) is 0 Å². The van der Waals surface area contributed by atoms with E-state index >= 15 is 0 Å². The van der Waals surface area contributed by atoms with Gasteiger partial charge in [-0.3, -0.25) is 4.79 Å². The molecule has 0 atom stereocenters. The summed E-state index contributed by atoms with van der Waals surface area (Å²) in [6.07, 6.45) is 1.45. The molecular formula is C18H18Cl2N2O3. The van der Waals surface area contributed by atoms with Gasteiger partial charge in [-0.1, -0.05) is 41.4 Å². The summed E-state index contributed by atoms with van der Waals surface area (Å²) in [5, 5.41) is 4.48. The first-order valence-electron chi connectivity index (χ1n) is 7.57. The van der Waals surface area contributed by atoms with Gasteiger partial charge in [0.25, 0.3) is 0 Å². The van der Waals surface area contributed by atoms with Crippen molar-refractivity contribution in [1.29, 1.82) is 0 Å². The van der Waals surface area contributed by atoms with E-state index < -0.39 is 0 Å². The first kappa shape index (κ1) is 19.1. The molecule has 25 heavy (non-hydrogen) atoms. The Labute approximate surface area is 156 Å². The number of rotatable bonds is 7. The van der Waals surface area contributed by atoms with Crippen LogP contribution in [-0.4, -0.2) is 25.3 Å². The van der Waals surface area contributed by atoms with E-state index in [-0.39, 0.29) is 5.91 Å². The maximum Gasteiger partial charge on any atom is 0.236 e. The second-order valence-electron chi connectivity index (χ2n) is 5.20. The predicted octanol–water partition coefficient (Wildman–Crippen LogP) is 4.23. The molecule has 2 aromatic rings. The zero-order chi connectivity index (χ0) is 18.2. The van der Waals surface area contributed by atoms with Crippen molar-refractivity contribution in [3.63, 3.8) is 0 Å². The minimum absolute atomic E-state index is 0.262. The van der Waals surface area contributed by atoms with Crippen molar-refractivity contribution in [2.45, 2.75) is 13.8 Å². The summed E-state index contributed by atoms with van der Waals surface area (Å²) in [5.74, 6) is 0.934. The highest BCUT2D eigenvalue weighted by molar-refractivity contribution is 6.37. The number of hydrogen-bond donors (Lipinski definition) is 1. The number of nitrogens with zero attached hydrogens (tertiary/aromatic N) is 1. The van der Waals surface area contributed by atoms with Crippen LogP contribution in [-0.2, 0) is 4.79 Å². The average Bonchev–Trinajstić information content (AvgIpc) is 2.54. The van der Waals surface area contributed by atoms with Gasteiger partial charge in [0.2, 0.25) is 5.91 Å². The van der Waals surface area contributed by atoms with Gasteiger partial charge in [-0.15, -0.1) is 0 Å². The molecule has 0 aliphatic rings. The average molecular weight is 381 g/mol. The zero-order valence-corrected chi connectivity index (χ0v) is 15.4. The van der Waals surface area contributed by atoms with Crippen molar-refractivity contribution in [1.82, 2.24) is 5.43 Å². The van der Waals surface area contributed by atoms with Crippen LogP contribution in [0.15, 0.2) is 41.5 Å². The van der Waals surface area contributed by atoms with Crippen molar-refractivity contribution < 1.29 is 14.3 Å². The van der Waals surface area contributed by atoms with Crippen molar-refractivity contribution in [2.75, 3.05) is 13.2 Å². The topological polar surface area (TPSA) is 59.9 Å². The lowest BCUT2D eigenvalue weighted by Gasteiger charge is -2.12. The summed E-state index contributed by atoms with van der Waals surface area (Å²) in [6, 6.07) is 11.0. The van der Waals surface area contributed by atoms with Crippen LogP contribution in [0.2, 0.25) is 10.0 Å². The number of hydrazone groups is 1. The van der Waals surface area contributed by atoms with E-state index in [4.69, 9.17) is 32.7 Å². The maximum absolute atomic E-state index is 10.8. The normalized spacial score (nSPS) is 10.7. The predicted molar refractivity (Wildman–Crippen MR) is 100 cm³/mol. The van der Waals surface area contributed by atoms with Crippen LogP contribution in [0.25, 0.3) is 0 Å². The molecule has 1 amide bonds. The summed E-state index contributed by atoms with van der Waals surface area (Å²) in [7, 11) is 0. The second-order valence-corrected chi connectivity index (χ2v) is 6.02. The number of carbonyl (C=O) groups is 1. The fraction of sp³-hybridized carbons (Fsp3) is 0.222. The molecule has 0 bridgehead atoms. The molecule has 0 aliphatic heterocycles. The highest BCUT2D eigenvalue weighted by Gasteiger charge is 2.09. The molecule has 1 N–H and O–H groups in total. The molecule has 2 aromatic carbocycles. The van der Waals surface area contributed by atoms with Crippen LogP contribution in [0, 0.1) is 6.92 Å². The number of benzene rings is 2. The molecule has 0 aliphatic carbocycles. The summed E-state index contributed by atoms with van der Waals surface area (Å²) < 4.78 is 11.3. The van der Waals surface area contributed by atoms with Gasteiger partial charge in [-0.25, -0.2) is 5.43 Å². The van der Waals surface area contributed by atoms with Crippen LogP contribution >= 0.6 is 23.2 Å². The minimum Gasteiger partial charge on any atom is -0.490 e. The molecule has 7 heteroatoms.